The van der Waals surface area contributed by atoms with Crippen LogP contribution < -0.4 is 4.74 Å². The molecule has 0 radical (unpaired) electrons. The third-order valence-electron chi connectivity index (χ3n) is 2.53. The zero-order valence-corrected chi connectivity index (χ0v) is 10.8. The van der Waals surface area contributed by atoms with E-state index in [9.17, 15) is 0 Å². The zero-order valence-electron chi connectivity index (χ0n) is 10.8. The average molecular weight is 216 g/mol. The fourth-order valence-corrected chi connectivity index (χ4v) is 1.80. The van der Waals surface area contributed by atoms with Gasteiger partial charge in [-0.05, 0) is 30.0 Å². The minimum absolute atomic E-state index is 0.0706. The van der Waals surface area contributed by atoms with Gasteiger partial charge in [-0.2, -0.15) is 0 Å². The largest absolute Gasteiger partial charge is 0.496 e. The Hall–Kier alpha value is -1.46. The van der Waals surface area contributed by atoms with Gasteiger partial charge in [0.2, 0.25) is 0 Å². The highest BCUT2D eigenvalue weighted by molar-refractivity contribution is 5.62. The fraction of sp³-hybridized carbons (Fsp3) is 0.400. The maximum atomic E-state index is 5.51. The van der Waals surface area contributed by atoms with Gasteiger partial charge >= 0.3 is 0 Å². The van der Waals surface area contributed by atoms with Crippen molar-refractivity contribution < 1.29 is 4.74 Å². The van der Waals surface area contributed by atoms with E-state index in [4.69, 9.17) is 4.74 Å². The lowest BCUT2D eigenvalue weighted by atomic mass is 9.84. The molecule has 0 atom stereocenters. The Labute approximate surface area is 98.5 Å². The third kappa shape index (κ3) is 2.56. The topological polar surface area (TPSA) is 9.23 Å². The minimum atomic E-state index is 0.0706. The van der Waals surface area contributed by atoms with Crippen LogP contribution in [0, 0.1) is 6.92 Å². The number of benzene rings is 1. The van der Waals surface area contributed by atoms with Crippen LogP contribution in [-0.2, 0) is 5.41 Å². The van der Waals surface area contributed by atoms with Gasteiger partial charge in [0.15, 0.2) is 0 Å². The van der Waals surface area contributed by atoms with Crippen molar-refractivity contribution in [2.24, 2.45) is 0 Å². The molecule has 1 heteroatoms. The van der Waals surface area contributed by atoms with Crippen molar-refractivity contribution in [1.82, 2.24) is 0 Å². The van der Waals surface area contributed by atoms with Crippen molar-refractivity contribution in [3.8, 4) is 5.75 Å². The van der Waals surface area contributed by atoms with E-state index >= 15 is 0 Å². The van der Waals surface area contributed by atoms with E-state index in [1.807, 2.05) is 6.08 Å². The van der Waals surface area contributed by atoms with E-state index in [0.29, 0.717) is 0 Å². The van der Waals surface area contributed by atoms with Crippen molar-refractivity contribution in [3.05, 3.63) is 41.1 Å². The monoisotopic (exact) mass is 216 g/mol. The Morgan fingerprint density at radius 2 is 1.94 bits per heavy atom. The number of ether oxygens (including phenoxy) is 1. The van der Waals surface area contributed by atoms with Crippen LogP contribution in [0.2, 0.25) is 0 Å². The first-order valence-corrected chi connectivity index (χ1v) is 5.45. The summed E-state index contributed by atoms with van der Waals surface area (Å²) in [5.74, 6) is 0.925. The van der Waals surface area contributed by atoms with Gasteiger partial charge in [0.1, 0.15) is 5.75 Å². The SMILES string of the molecule is C=C=Cc1cc(C)cc(C(C)(C)C)c1OC. The summed E-state index contributed by atoms with van der Waals surface area (Å²) < 4.78 is 5.51. The first-order valence-electron chi connectivity index (χ1n) is 5.45. The van der Waals surface area contributed by atoms with Crippen LogP contribution in [0.1, 0.15) is 37.5 Å². The van der Waals surface area contributed by atoms with Gasteiger partial charge in [-0.1, -0.05) is 33.4 Å². The standard InChI is InChI=1S/C15H20O/c1-7-8-12-9-11(2)10-13(14(12)16-6)15(3,4)5/h8-10H,1H2,2-6H3. The zero-order chi connectivity index (χ0) is 12.3. The Bertz CT molecular complexity index is 429. The van der Waals surface area contributed by atoms with Crippen molar-refractivity contribution in [2.75, 3.05) is 7.11 Å². The molecule has 0 unspecified atom stereocenters. The normalized spacial score (nSPS) is 10.8. The van der Waals surface area contributed by atoms with E-state index in [-0.39, 0.29) is 5.41 Å². The second-order valence-electron chi connectivity index (χ2n) is 5.03. The molecule has 0 aliphatic heterocycles. The molecule has 0 fully saturated rings. The summed E-state index contributed by atoms with van der Waals surface area (Å²) >= 11 is 0. The number of methoxy groups -OCH3 is 1. The maximum Gasteiger partial charge on any atom is 0.130 e. The molecule has 0 spiro atoms. The Balaban J connectivity index is 3.54. The lowest BCUT2D eigenvalue weighted by Crippen LogP contribution is -2.13. The maximum absolute atomic E-state index is 5.51. The molecule has 16 heavy (non-hydrogen) atoms. The number of rotatable bonds is 2. The summed E-state index contributed by atoms with van der Waals surface area (Å²) in [6, 6.07) is 4.27. The lowest BCUT2D eigenvalue weighted by molar-refractivity contribution is 0.396. The van der Waals surface area contributed by atoms with Gasteiger partial charge in [0, 0.05) is 11.1 Å². The van der Waals surface area contributed by atoms with Crippen molar-refractivity contribution in [3.63, 3.8) is 0 Å². The second-order valence-corrected chi connectivity index (χ2v) is 5.03. The fourth-order valence-electron chi connectivity index (χ4n) is 1.80. The first-order chi connectivity index (χ1) is 7.40. The molecular formula is C15H20O. The van der Waals surface area contributed by atoms with Crippen molar-refractivity contribution in [1.29, 1.82) is 0 Å². The van der Waals surface area contributed by atoms with Crippen LogP contribution in [0.15, 0.2) is 24.4 Å². The Morgan fingerprint density at radius 1 is 1.31 bits per heavy atom. The molecule has 0 bridgehead atoms. The van der Waals surface area contributed by atoms with Gasteiger partial charge in [-0.25, -0.2) is 0 Å². The molecule has 0 saturated carbocycles. The molecular weight excluding hydrogens is 196 g/mol. The van der Waals surface area contributed by atoms with Crippen LogP contribution in [0.3, 0.4) is 0 Å². The van der Waals surface area contributed by atoms with Crippen LogP contribution in [0.4, 0.5) is 0 Å². The predicted molar refractivity (Wildman–Crippen MR) is 70.0 cm³/mol. The van der Waals surface area contributed by atoms with Crippen LogP contribution in [-0.4, -0.2) is 7.11 Å². The van der Waals surface area contributed by atoms with Crippen LogP contribution in [0.5, 0.6) is 5.75 Å². The smallest absolute Gasteiger partial charge is 0.130 e. The molecule has 0 aliphatic rings. The van der Waals surface area contributed by atoms with Crippen molar-refractivity contribution in [2.45, 2.75) is 33.1 Å². The van der Waals surface area contributed by atoms with Crippen molar-refractivity contribution >= 4 is 6.08 Å². The third-order valence-corrected chi connectivity index (χ3v) is 2.53. The summed E-state index contributed by atoms with van der Waals surface area (Å²) in [6.45, 7) is 12.3. The van der Waals surface area contributed by atoms with Gasteiger partial charge in [-0.3, -0.25) is 0 Å². The molecule has 1 aromatic carbocycles. The summed E-state index contributed by atoms with van der Waals surface area (Å²) in [5.41, 5.74) is 6.37. The molecule has 0 amide bonds. The van der Waals surface area contributed by atoms with Crippen LogP contribution >= 0.6 is 0 Å². The van der Waals surface area contributed by atoms with E-state index < -0.39 is 0 Å². The van der Waals surface area contributed by atoms with E-state index in [0.717, 1.165) is 11.3 Å². The predicted octanol–water partition coefficient (Wildman–Crippen LogP) is 4.10. The highest BCUT2D eigenvalue weighted by Gasteiger charge is 2.20. The highest BCUT2D eigenvalue weighted by atomic mass is 16.5. The van der Waals surface area contributed by atoms with E-state index in [1.165, 1.54) is 11.1 Å². The molecule has 1 aromatic rings. The quantitative estimate of drug-likeness (QED) is 0.676. The molecule has 0 saturated heterocycles. The Kier molecular flexibility index (Phi) is 3.62. The first kappa shape index (κ1) is 12.6. The summed E-state index contributed by atoms with van der Waals surface area (Å²) in [7, 11) is 1.71. The summed E-state index contributed by atoms with van der Waals surface area (Å²) in [6.07, 6.45) is 1.86. The molecule has 0 N–H and O–H groups in total. The molecule has 0 aliphatic carbocycles. The molecule has 0 aromatic heterocycles. The average Bonchev–Trinajstić information content (AvgIpc) is 2.16. The number of hydrogen-bond acceptors (Lipinski definition) is 1. The van der Waals surface area contributed by atoms with Crippen LogP contribution in [0.25, 0.3) is 6.08 Å². The van der Waals surface area contributed by atoms with Gasteiger partial charge in [0.25, 0.3) is 0 Å². The second kappa shape index (κ2) is 4.59. The minimum Gasteiger partial charge on any atom is -0.496 e. The van der Waals surface area contributed by atoms with E-state index in [1.54, 1.807) is 7.11 Å². The molecule has 1 rings (SSSR count). The number of hydrogen-bond donors (Lipinski definition) is 0. The summed E-state index contributed by atoms with van der Waals surface area (Å²) in [4.78, 5) is 0. The number of aryl methyl sites for hydroxylation is 1. The van der Waals surface area contributed by atoms with Gasteiger partial charge in [-0.15, -0.1) is 5.73 Å². The van der Waals surface area contributed by atoms with E-state index in [2.05, 4.69) is 52.1 Å². The lowest BCUT2D eigenvalue weighted by Gasteiger charge is -2.24. The van der Waals surface area contributed by atoms with Gasteiger partial charge < -0.3 is 4.74 Å². The highest BCUT2D eigenvalue weighted by Crippen LogP contribution is 2.35. The van der Waals surface area contributed by atoms with Gasteiger partial charge in [0.05, 0.1) is 7.11 Å². The molecule has 1 nitrogen and oxygen atoms in total. The Morgan fingerprint density at radius 3 is 2.38 bits per heavy atom. The molecule has 86 valence electrons. The molecule has 0 heterocycles. The summed E-state index contributed by atoms with van der Waals surface area (Å²) in [5, 5.41) is 0.